The van der Waals surface area contributed by atoms with Gasteiger partial charge in [-0.2, -0.15) is 0 Å². The van der Waals surface area contributed by atoms with Gasteiger partial charge in [0.15, 0.2) is 15.7 Å². The average Bonchev–Trinajstić information content (AvgIpc) is 2.96. The molecule has 0 spiro atoms. The molecule has 2 heterocycles. The Bertz CT molecular complexity index is 652. The second kappa shape index (κ2) is 5.84. The Morgan fingerprint density at radius 2 is 2.24 bits per heavy atom. The molecule has 1 N–H and O–H groups in total. The van der Waals surface area contributed by atoms with E-state index < -0.39 is 27.7 Å². The van der Waals surface area contributed by atoms with Crippen LogP contribution in [0.1, 0.15) is 19.1 Å². The highest BCUT2D eigenvalue weighted by Gasteiger charge is 2.36. The Hall–Kier alpha value is -1.90. The highest BCUT2D eigenvalue weighted by atomic mass is 32.2. The van der Waals surface area contributed by atoms with Crippen molar-refractivity contribution in [3.63, 3.8) is 0 Å². The monoisotopic (exact) mass is 315 g/mol. The van der Waals surface area contributed by atoms with Crippen LogP contribution in [-0.4, -0.2) is 54.4 Å². The minimum atomic E-state index is -3.12. The van der Waals surface area contributed by atoms with E-state index in [-0.39, 0.29) is 23.9 Å². The molecule has 0 radical (unpaired) electrons. The fraction of sp³-hybridized carbons (Fsp3) is 0.583. The summed E-state index contributed by atoms with van der Waals surface area (Å²) in [5.41, 5.74) is 0. The largest absolute Gasteiger partial charge is 0.360 e. The quantitative estimate of drug-likeness (QED) is 0.784. The van der Waals surface area contributed by atoms with Gasteiger partial charge in [-0.05, 0) is 20.3 Å². The van der Waals surface area contributed by atoms with Crippen molar-refractivity contribution in [2.24, 2.45) is 0 Å². The molecule has 1 saturated heterocycles. The van der Waals surface area contributed by atoms with Gasteiger partial charge in [0.2, 0.25) is 0 Å². The fourth-order valence-corrected chi connectivity index (χ4v) is 4.05. The van der Waals surface area contributed by atoms with Gasteiger partial charge < -0.3 is 9.42 Å². The Balaban J connectivity index is 2.04. The molecular weight excluding hydrogens is 298 g/mol. The van der Waals surface area contributed by atoms with Crippen LogP contribution in [0.15, 0.2) is 10.6 Å². The van der Waals surface area contributed by atoms with Crippen LogP contribution in [0.25, 0.3) is 0 Å². The average molecular weight is 315 g/mol. The van der Waals surface area contributed by atoms with Crippen molar-refractivity contribution < 1.29 is 22.5 Å². The number of carbonyl (C=O) groups is 2. The molecule has 1 aromatic rings. The SMILES string of the molecule is CCN(C(=O)C(=O)Nc1cc(C)on1)C1CCS(=O)(=O)C1. The molecule has 8 nitrogen and oxygen atoms in total. The molecule has 0 aliphatic carbocycles. The predicted octanol–water partition coefficient (Wildman–Crippen LogP) is -0.0429. The number of sulfone groups is 1. The molecule has 2 amide bonds. The molecule has 1 aliphatic rings. The summed E-state index contributed by atoms with van der Waals surface area (Å²) >= 11 is 0. The van der Waals surface area contributed by atoms with Crippen LogP contribution in [-0.2, 0) is 19.4 Å². The number of aryl methyl sites for hydroxylation is 1. The summed E-state index contributed by atoms with van der Waals surface area (Å²) in [7, 11) is -3.12. The van der Waals surface area contributed by atoms with Gasteiger partial charge in [-0.15, -0.1) is 0 Å². The number of amides is 2. The lowest BCUT2D eigenvalue weighted by molar-refractivity contribution is -0.144. The summed E-state index contributed by atoms with van der Waals surface area (Å²) in [6.07, 6.45) is 0.359. The Morgan fingerprint density at radius 1 is 1.52 bits per heavy atom. The Morgan fingerprint density at radius 3 is 2.71 bits per heavy atom. The van der Waals surface area contributed by atoms with Crippen LogP contribution in [0, 0.1) is 6.92 Å². The lowest BCUT2D eigenvalue weighted by Gasteiger charge is -2.25. The van der Waals surface area contributed by atoms with E-state index in [1.807, 2.05) is 0 Å². The van der Waals surface area contributed by atoms with Crippen molar-refractivity contribution >= 4 is 27.5 Å². The van der Waals surface area contributed by atoms with E-state index in [2.05, 4.69) is 10.5 Å². The second-order valence-corrected chi connectivity index (χ2v) is 7.15. The van der Waals surface area contributed by atoms with Crippen LogP contribution < -0.4 is 5.32 Å². The molecule has 1 aliphatic heterocycles. The first-order chi connectivity index (χ1) is 9.82. The highest BCUT2D eigenvalue weighted by molar-refractivity contribution is 7.91. The van der Waals surface area contributed by atoms with E-state index in [1.54, 1.807) is 13.8 Å². The van der Waals surface area contributed by atoms with Crippen molar-refractivity contribution in [2.75, 3.05) is 23.4 Å². The minimum Gasteiger partial charge on any atom is -0.360 e. The molecule has 1 aromatic heterocycles. The molecule has 2 rings (SSSR count). The third kappa shape index (κ3) is 3.60. The number of nitrogens with zero attached hydrogens (tertiary/aromatic N) is 2. The molecule has 116 valence electrons. The Labute approximate surface area is 122 Å². The molecule has 1 atom stereocenters. The zero-order valence-corrected chi connectivity index (χ0v) is 12.6. The van der Waals surface area contributed by atoms with Gasteiger partial charge in [-0.1, -0.05) is 5.16 Å². The summed E-state index contributed by atoms with van der Waals surface area (Å²) in [6.45, 7) is 3.63. The number of hydrogen-bond acceptors (Lipinski definition) is 6. The first-order valence-corrected chi connectivity index (χ1v) is 8.40. The number of rotatable bonds is 3. The van der Waals surface area contributed by atoms with Gasteiger partial charge in [0.05, 0.1) is 11.5 Å². The smallest absolute Gasteiger partial charge is 0.315 e. The van der Waals surface area contributed by atoms with Crippen LogP contribution in [0.5, 0.6) is 0 Å². The fourth-order valence-electron chi connectivity index (χ4n) is 2.31. The van der Waals surface area contributed by atoms with Crippen molar-refractivity contribution in [3.05, 3.63) is 11.8 Å². The van der Waals surface area contributed by atoms with E-state index >= 15 is 0 Å². The number of hydrogen-bond donors (Lipinski definition) is 1. The highest BCUT2D eigenvalue weighted by Crippen LogP contribution is 2.18. The van der Waals surface area contributed by atoms with Gasteiger partial charge in [-0.3, -0.25) is 14.9 Å². The van der Waals surface area contributed by atoms with Crippen molar-refractivity contribution in [2.45, 2.75) is 26.3 Å². The normalized spacial score (nSPS) is 20.2. The molecule has 0 bridgehead atoms. The minimum absolute atomic E-state index is 0.0472. The van der Waals surface area contributed by atoms with E-state index in [4.69, 9.17) is 4.52 Å². The first kappa shape index (κ1) is 15.5. The standard InChI is InChI=1S/C12H17N3O5S/c1-3-15(9-4-5-21(18,19)7-9)12(17)11(16)13-10-6-8(2)20-14-10/h6,9H,3-5,7H2,1-2H3,(H,13,14,16). The van der Waals surface area contributed by atoms with E-state index in [0.717, 1.165) is 0 Å². The lowest BCUT2D eigenvalue weighted by atomic mass is 10.2. The number of anilines is 1. The molecule has 9 heteroatoms. The first-order valence-electron chi connectivity index (χ1n) is 6.58. The van der Waals surface area contributed by atoms with Crippen LogP contribution >= 0.6 is 0 Å². The second-order valence-electron chi connectivity index (χ2n) is 4.92. The summed E-state index contributed by atoms with van der Waals surface area (Å²) in [5, 5.41) is 5.91. The number of aromatic nitrogens is 1. The molecule has 1 unspecified atom stereocenters. The molecule has 1 fully saturated rings. The summed E-state index contributed by atoms with van der Waals surface area (Å²) in [4.78, 5) is 25.3. The van der Waals surface area contributed by atoms with E-state index in [9.17, 15) is 18.0 Å². The third-order valence-corrected chi connectivity index (χ3v) is 5.06. The van der Waals surface area contributed by atoms with Crippen molar-refractivity contribution in [1.29, 1.82) is 0 Å². The van der Waals surface area contributed by atoms with Crippen LogP contribution in [0.2, 0.25) is 0 Å². The zero-order chi connectivity index (χ0) is 15.6. The van der Waals surface area contributed by atoms with Gasteiger partial charge in [-0.25, -0.2) is 8.42 Å². The summed E-state index contributed by atoms with van der Waals surface area (Å²) < 4.78 is 27.8. The topological polar surface area (TPSA) is 110 Å². The summed E-state index contributed by atoms with van der Waals surface area (Å²) in [5.74, 6) is -1.00. The molecule has 0 aromatic carbocycles. The van der Waals surface area contributed by atoms with Gasteiger partial charge in [0.25, 0.3) is 0 Å². The van der Waals surface area contributed by atoms with E-state index in [1.165, 1.54) is 11.0 Å². The summed E-state index contributed by atoms with van der Waals surface area (Å²) in [6, 6.07) is 1.04. The van der Waals surface area contributed by atoms with Crippen molar-refractivity contribution in [3.8, 4) is 0 Å². The van der Waals surface area contributed by atoms with Gasteiger partial charge in [0.1, 0.15) is 5.76 Å². The maximum absolute atomic E-state index is 12.1. The van der Waals surface area contributed by atoms with Crippen LogP contribution in [0.4, 0.5) is 5.82 Å². The van der Waals surface area contributed by atoms with Gasteiger partial charge in [0, 0.05) is 18.7 Å². The molecule has 21 heavy (non-hydrogen) atoms. The molecule has 0 saturated carbocycles. The molecular formula is C12H17N3O5S. The maximum Gasteiger partial charge on any atom is 0.315 e. The number of carbonyl (C=O) groups excluding carboxylic acids is 2. The lowest BCUT2D eigenvalue weighted by Crippen LogP contribution is -2.46. The predicted molar refractivity (Wildman–Crippen MR) is 74.3 cm³/mol. The van der Waals surface area contributed by atoms with E-state index in [0.29, 0.717) is 12.2 Å². The Kier molecular flexibility index (Phi) is 4.31. The number of likely N-dealkylation sites (N-methyl/N-ethyl adjacent to an activating group) is 1. The van der Waals surface area contributed by atoms with Gasteiger partial charge >= 0.3 is 11.8 Å². The number of nitrogens with one attached hydrogen (secondary N) is 1. The van der Waals surface area contributed by atoms with Crippen LogP contribution in [0.3, 0.4) is 0 Å². The zero-order valence-electron chi connectivity index (χ0n) is 11.8. The maximum atomic E-state index is 12.1. The van der Waals surface area contributed by atoms with Crippen molar-refractivity contribution in [1.82, 2.24) is 10.1 Å². The third-order valence-electron chi connectivity index (χ3n) is 3.31.